The molecule has 8 heteroatoms. The second-order valence-electron chi connectivity index (χ2n) is 8.47. The van der Waals surface area contributed by atoms with Crippen LogP contribution >= 0.6 is 0 Å². The number of anilines is 1. The summed E-state index contributed by atoms with van der Waals surface area (Å²) in [4.78, 5) is 26.4. The third-order valence-corrected chi connectivity index (χ3v) is 6.22. The molecular formula is C21H31N7O. The third-order valence-electron chi connectivity index (χ3n) is 6.22. The Bertz CT molecular complexity index is 914. The Balaban J connectivity index is 1.49. The molecule has 2 fully saturated rings. The van der Waals surface area contributed by atoms with E-state index in [2.05, 4.69) is 37.6 Å². The first-order chi connectivity index (χ1) is 13.8. The standard InChI is InChI=1S/C21H31N7O/c1-13-11-14(2)28(25-13)18-6-9-26(10-7-18)21(29)19-23-16(4)15(3)20(24-19)27-8-5-17(22)12-27/h11,17-18H,5-10,12,22H2,1-4H3/t17-/m1/s1. The summed E-state index contributed by atoms with van der Waals surface area (Å²) in [7, 11) is 0. The van der Waals surface area contributed by atoms with Crippen molar-refractivity contribution in [2.24, 2.45) is 5.73 Å². The van der Waals surface area contributed by atoms with Gasteiger partial charge in [-0.15, -0.1) is 0 Å². The molecule has 0 saturated carbocycles. The summed E-state index contributed by atoms with van der Waals surface area (Å²) in [6.45, 7) is 11.1. The van der Waals surface area contributed by atoms with Crippen LogP contribution in [-0.4, -0.2) is 62.8 Å². The van der Waals surface area contributed by atoms with E-state index in [4.69, 9.17) is 5.73 Å². The minimum atomic E-state index is -0.0790. The van der Waals surface area contributed by atoms with Crippen molar-refractivity contribution < 1.29 is 4.79 Å². The number of likely N-dealkylation sites (tertiary alicyclic amines) is 1. The van der Waals surface area contributed by atoms with Crippen LogP contribution in [0.1, 0.15) is 58.6 Å². The molecule has 8 nitrogen and oxygen atoms in total. The topological polar surface area (TPSA) is 93.2 Å². The lowest BCUT2D eigenvalue weighted by atomic mass is 10.0. The van der Waals surface area contributed by atoms with E-state index in [0.29, 0.717) is 25.0 Å². The molecular weight excluding hydrogens is 366 g/mol. The normalized spacial score (nSPS) is 20.5. The second kappa shape index (κ2) is 7.74. The summed E-state index contributed by atoms with van der Waals surface area (Å²) in [6, 6.07) is 2.61. The highest BCUT2D eigenvalue weighted by Crippen LogP contribution is 2.26. The molecule has 2 aromatic rings. The zero-order chi connectivity index (χ0) is 20.7. The number of carbonyl (C=O) groups excluding carboxylic acids is 1. The number of amides is 1. The van der Waals surface area contributed by atoms with E-state index in [1.54, 1.807) is 0 Å². The largest absolute Gasteiger partial charge is 0.355 e. The quantitative estimate of drug-likeness (QED) is 0.851. The highest BCUT2D eigenvalue weighted by molar-refractivity contribution is 5.91. The molecule has 4 rings (SSSR count). The van der Waals surface area contributed by atoms with E-state index < -0.39 is 0 Å². The highest BCUT2D eigenvalue weighted by Gasteiger charge is 2.29. The van der Waals surface area contributed by atoms with Gasteiger partial charge >= 0.3 is 0 Å². The minimum absolute atomic E-state index is 0.0790. The van der Waals surface area contributed by atoms with Crippen molar-refractivity contribution in [2.75, 3.05) is 31.1 Å². The molecule has 4 heterocycles. The smallest absolute Gasteiger partial charge is 0.291 e. The summed E-state index contributed by atoms with van der Waals surface area (Å²) in [5.74, 6) is 1.07. The lowest BCUT2D eigenvalue weighted by molar-refractivity contribution is 0.0676. The first-order valence-electron chi connectivity index (χ1n) is 10.5. The maximum Gasteiger partial charge on any atom is 0.291 e. The lowest BCUT2D eigenvalue weighted by Gasteiger charge is -2.32. The molecule has 1 atom stereocenters. The van der Waals surface area contributed by atoms with Crippen LogP contribution in [0.4, 0.5) is 5.82 Å². The van der Waals surface area contributed by atoms with Gasteiger partial charge in [0.25, 0.3) is 5.91 Å². The fraction of sp³-hybridized carbons (Fsp3) is 0.619. The van der Waals surface area contributed by atoms with Crippen molar-refractivity contribution >= 4 is 11.7 Å². The average molecular weight is 398 g/mol. The minimum Gasteiger partial charge on any atom is -0.355 e. The first kappa shape index (κ1) is 19.8. The van der Waals surface area contributed by atoms with Gasteiger partial charge in [0.2, 0.25) is 5.82 Å². The Labute approximate surface area is 172 Å². The van der Waals surface area contributed by atoms with E-state index >= 15 is 0 Å². The Hall–Kier alpha value is -2.48. The zero-order valence-corrected chi connectivity index (χ0v) is 17.9. The van der Waals surface area contributed by atoms with Gasteiger partial charge in [0.15, 0.2) is 0 Å². The second-order valence-corrected chi connectivity index (χ2v) is 8.47. The predicted molar refractivity (Wildman–Crippen MR) is 112 cm³/mol. The molecule has 156 valence electrons. The van der Waals surface area contributed by atoms with E-state index in [9.17, 15) is 4.79 Å². The van der Waals surface area contributed by atoms with Gasteiger partial charge in [-0.05, 0) is 53.0 Å². The van der Waals surface area contributed by atoms with Crippen molar-refractivity contribution in [2.45, 2.75) is 59.0 Å². The van der Waals surface area contributed by atoms with E-state index in [1.807, 2.05) is 25.7 Å². The summed E-state index contributed by atoms with van der Waals surface area (Å²) in [5.41, 5.74) is 10.2. The van der Waals surface area contributed by atoms with Crippen molar-refractivity contribution in [3.05, 3.63) is 34.5 Å². The Morgan fingerprint density at radius 3 is 2.38 bits per heavy atom. The number of hydrogen-bond donors (Lipinski definition) is 1. The molecule has 2 N–H and O–H groups in total. The number of aryl methyl sites for hydroxylation is 3. The molecule has 2 aliphatic rings. The van der Waals surface area contributed by atoms with Crippen molar-refractivity contribution in [1.29, 1.82) is 0 Å². The van der Waals surface area contributed by atoms with Crippen LogP contribution in [0.25, 0.3) is 0 Å². The number of nitrogens with two attached hydrogens (primary N) is 1. The molecule has 2 aliphatic heterocycles. The summed E-state index contributed by atoms with van der Waals surface area (Å²) < 4.78 is 2.11. The van der Waals surface area contributed by atoms with Crippen molar-refractivity contribution in [3.63, 3.8) is 0 Å². The van der Waals surface area contributed by atoms with Gasteiger partial charge in [0, 0.05) is 49.2 Å². The van der Waals surface area contributed by atoms with E-state index in [0.717, 1.165) is 55.1 Å². The fourth-order valence-electron chi connectivity index (χ4n) is 4.47. The van der Waals surface area contributed by atoms with Crippen LogP contribution < -0.4 is 10.6 Å². The van der Waals surface area contributed by atoms with Gasteiger partial charge in [-0.1, -0.05) is 0 Å². The monoisotopic (exact) mass is 397 g/mol. The van der Waals surface area contributed by atoms with Crippen LogP contribution in [0, 0.1) is 27.7 Å². The molecule has 0 spiro atoms. The summed E-state index contributed by atoms with van der Waals surface area (Å²) in [6.07, 6.45) is 2.74. The van der Waals surface area contributed by atoms with Crippen LogP contribution in [0.3, 0.4) is 0 Å². The van der Waals surface area contributed by atoms with Gasteiger partial charge < -0.3 is 15.5 Å². The van der Waals surface area contributed by atoms with E-state index in [-0.39, 0.29) is 11.9 Å². The van der Waals surface area contributed by atoms with E-state index in [1.165, 1.54) is 5.69 Å². The SMILES string of the molecule is Cc1cc(C)n(C2CCN(C(=O)c3nc(C)c(C)c(N4CC[C@@H](N)C4)n3)CC2)n1. The van der Waals surface area contributed by atoms with Gasteiger partial charge in [0.1, 0.15) is 5.82 Å². The number of nitrogens with zero attached hydrogens (tertiary/aromatic N) is 6. The molecule has 29 heavy (non-hydrogen) atoms. The molecule has 0 aliphatic carbocycles. The lowest BCUT2D eigenvalue weighted by Crippen LogP contribution is -2.40. The van der Waals surface area contributed by atoms with Crippen LogP contribution in [-0.2, 0) is 0 Å². The van der Waals surface area contributed by atoms with Crippen LogP contribution in [0.15, 0.2) is 6.07 Å². The molecule has 1 amide bonds. The molecule has 0 unspecified atom stereocenters. The van der Waals surface area contributed by atoms with Crippen molar-refractivity contribution in [1.82, 2.24) is 24.6 Å². The van der Waals surface area contributed by atoms with Gasteiger partial charge in [-0.2, -0.15) is 5.10 Å². The number of hydrogen-bond acceptors (Lipinski definition) is 6. The molecule has 2 aromatic heterocycles. The molecule has 0 radical (unpaired) electrons. The van der Waals surface area contributed by atoms with Crippen molar-refractivity contribution in [3.8, 4) is 0 Å². The maximum absolute atomic E-state index is 13.1. The van der Waals surface area contributed by atoms with Gasteiger partial charge in [-0.3, -0.25) is 9.48 Å². The zero-order valence-electron chi connectivity index (χ0n) is 17.9. The average Bonchev–Trinajstić information content (AvgIpc) is 3.28. The third kappa shape index (κ3) is 3.85. The number of aromatic nitrogens is 4. The van der Waals surface area contributed by atoms with Gasteiger partial charge in [0.05, 0.1) is 11.7 Å². The first-order valence-corrected chi connectivity index (χ1v) is 10.5. The van der Waals surface area contributed by atoms with Crippen LogP contribution in [0.5, 0.6) is 0 Å². The maximum atomic E-state index is 13.1. The summed E-state index contributed by atoms with van der Waals surface area (Å²) >= 11 is 0. The Morgan fingerprint density at radius 1 is 1.07 bits per heavy atom. The molecule has 0 aromatic carbocycles. The number of piperidine rings is 1. The van der Waals surface area contributed by atoms with Gasteiger partial charge in [-0.25, -0.2) is 9.97 Å². The predicted octanol–water partition coefficient (Wildman–Crippen LogP) is 1.92. The Kier molecular flexibility index (Phi) is 5.29. The van der Waals surface area contributed by atoms with Crippen LogP contribution in [0.2, 0.25) is 0 Å². The highest BCUT2D eigenvalue weighted by atomic mass is 16.2. The summed E-state index contributed by atoms with van der Waals surface area (Å²) in [5, 5.41) is 4.62. The number of rotatable bonds is 3. The fourth-order valence-corrected chi connectivity index (χ4v) is 4.47. The molecule has 2 saturated heterocycles. The number of carbonyl (C=O) groups is 1. The molecule has 0 bridgehead atoms. The Morgan fingerprint density at radius 2 is 1.79 bits per heavy atom.